The predicted octanol–water partition coefficient (Wildman–Crippen LogP) is 5.51. The van der Waals surface area contributed by atoms with Gasteiger partial charge in [0.1, 0.15) is 0 Å². The number of aromatic nitrogens is 3. The highest BCUT2D eigenvalue weighted by Gasteiger charge is 2.10. The molecule has 5 aromatic rings. The van der Waals surface area contributed by atoms with E-state index in [0.29, 0.717) is 0 Å². The van der Waals surface area contributed by atoms with Crippen LogP contribution in [0.1, 0.15) is 0 Å². The number of hydrogen-bond donors (Lipinski definition) is 0. The summed E-state index contributed by atoms with van der Waals surface area (Å²) in [6.07, 6.45) is 3.65. The Kier molecular flexibility index (Phi) is 3.42. The molecule has 0 fully saturated rings. The number of hydrogen-bond acceptors (Lipinski definition) is 3. The van der Waals surface area contributed by atoms with Gasteiger partial charge in [0.05, 0.1) is 22.4 Å². The Morgan fingerprint density at radius 3 is 1.46 bits per heavy atom. The molecule has 0 aliphatic rings. The highest BCUT2D eigenvalue weighted by molar-refractivity contribution is 5.95. The quantitative estimate of drug-likeness (QED) is 0.427. The molecular weight excluding hydrogens is 318 g/mol. The van der Waals surface area contributed by atoms with E-state index >= 15 is 0 Å². The van der Waals surface area contributed by atoms with Gasteiger partial charge in [0, 0.05) is 34.3 Å². The third-order valence-electron chi connectivity index (χ3n) is 4.57. The zero-order valence-corrected chi connectivity index (χ0v) is 14.0. The molecule has 0 amide bonds. The van der Waals surface area contributed by atoms with E-state index in [0.717, 1.165) is 44.3 Å². The summed E-state index contributed by atoms with van der Waals surface area (Å²) in [5.41, 5.74) is 5.85. The molecule has 5 rings (SSSR count). The lowest BCUT2D eigenvalue weighted by Gasteiger charge is -2.09. The first-order valence-electron chi connectivity index (χ1n) is 8.55. The summed E-state index contributed by atoms with van der Waals surface area (Å²) >= 11 is 0. The molecule has 2 aromatic carbocycles. The van der Waals surface area contributed by atoms with Crippen LogP contribution in [0.2, 0.25) is 0 Å². The van der Waals surface area contributed by atoms with E-state index < -0.39 is 0 Å². The molecule has 0 N–H and O–H groups in total. The van der Waals surface area contributed by atoms with E-state index in [2.05, 4.69) is 46.4 Å². The van der Waals surface area contributed by atoms with Gasteiger partial charge in [-0.05, 0) is 24.3 Å². The van der Waals surface area contributed by atoms with Crippen LogP contribution in [-0.2, 0) is 0 Å². The van der Waals surface area contributed by atoms with Crippen molar-refractivity contribution in [1.29, 1.82) is 0 Å². The van der Waals surface area contributed by atoms with Gasteiger partial charge < -0.3 is 0 Å². The first kappa shape index (κ1) is 14.7. The number of rotatable bonds is 2. The molecule has 0 atom stereocenters. The van der Waals surface area contributed by atoms with E-state index in [4.69, 9.17) is 4.98 Å². The number of fused-ring (bicyclic) bond motifs is 2. The van der Waals surface area contributed by atoms with Gasteiger partial charge in [0.25, 0.3) is 0 Å². The zero-order valence-electron chi connectivity index (χ0n) is 14.0. The van der Waals surface area contributed by atoms with Gasteiger partial charge in [-0.25, -0.2) is 4.98 Å². The molecule has 3 nitrogen and oxygen atoms in total. The molecule has 0 aliphatic carbocycles. The number of nitrogens with zero attached hydrogens (tertiary/aromatic N) is 3. The molecule has 3 aromatic heterocycles. The van der Waals surface area contributed by atoms with Crippen LogP contribution < -0.4 is 0 Å². The van der Waals surface area contributed by atoms with Crippen molar-refractivity contribution < 1.29 is 0 Å². The van der Waals surface area contributed by atoms with Crippen LogP contribution in [0.3, 0.4) is 0 Å². The fourth-order valence-electron chi connectivity index (χ4n) is 3.36. The highest BCUT2D eigenvalue weighted by Crippen LogP contribution is 2.30. The van der Waals surface area contributed by atoms with Gasteiger partial charge in [-0.15, -0.1) is 0 Å². The molecule has 26 heavy (non-hydrogen) atoms. The summed E-state index contributed by atoms with van der Waals surface area (Å²) in [5.74, 6) is 0. The van der Waals surface area contributed by atoms with Crippen LogP contribution in [0.4, 0.5) is 0 Å². The molecule has 0 saturated heterocycles. The van der Waals surface area contributed by atoms with Crippen molar-refractivity contribution in [1.82, 2.24) is 15.0 Å². The maximum Gasteiger partial charge on any atom is 0.0795 e. The average Bonchev–Trinajstić information content (AvgIpc) is 2.73. The van der Waals surface area contributed by atoms with E-state index in [1.165, 1.54) is 0 Å². The van der Waals surface area contributed by atoms with Gasteiger partial charge >= 0.3 is 0 Å². The largest absolute Gasteiger partial charge is 0.256 e. The fraction of sp³-hybridized carbons (Fsp3) is 0. The minimum Gasteiger partial charge on any atom is -0.256 e. The number of para-hydroxylation sites is 2. The van der Waals surface area contributed by atoms with Crippen molar-refractivity contribution in [2.24, 2.45) is 0 Å². The third-order valence-corrected chi connectivity index (χ3v) is 4.57. The Labute approximate surface area is 151 Å². The number of pyridine rings is 3. The van der Waals surface area contributed by atoms with Crippen LogP contribution >= 0.6 is 0 Å². The minimum atomic E-state index is 0.916. The molecule has 0 spiro atoms. The highest BCUT2D eigenvalue weighted by atomic mass is 14.7. The lowest BCUT2D eigenvalue weighted by atomic mass is 10.0. The van der Waals surface area contributed by atoms with Crippen molar-refractivity contribution in [3.63, 3.8) is 0 Å². The Balaban J connectivity index is 1.72. The fourth-order valence-corrected chi connectivity index (χ4v) is 3.36. The maximum absolute atomic E-state index is 4.93. The van der Waals surface area contributed by atoms with Gasteiger partial charge in [-0.3, -0.25) is 9.97 Å². The molecular formula is C23H15N3. The van der Waals surface area contributed by atoms with Crippen LogP contribution in [0.15, 0.2) is 91.3 Å². The average molecular weight is 333 g/mol. The smallest absolute Gasteiger partial charge is 0.0795 e. The molecule has 0 bridgehead atoms. The molecule has 0 unspecified atom stereocenters. The van der Waals surface area contributed by atoms with Gasteiger partial charge in [0.2, 0.25) is 0 Å². The summed E-state index contributed by atoms with van der Waals surface area (Å²) in [5, 5.41) is 2.23. The zero-order chi connectivity index (χ0) is 17.3. The van der Waals surface area contributed by atoms with Crippen molar-refractivity contribution in [2.75, 3.05) is 0 Å². The second-order valence-corrected chi connectivity index (χ2v) is 6.17. The second-order valence-electron chi connectivity index (χ2n) is 6.17. The van der Waals surface area contributed by atoms with E-state index in [1.54, 1.807) is 0 Å². The molecule has 3 heteroatoms. The standard InChI is InChI=1S/C23H15N3/c1-6-16-8-4-14-24-22(16)18(10-1)20-12-3-13-21(26-20)19-11-2-7-17-9-5-15-25-23(17)19/h1-15H. The molecule has 122 valence electrons. The van der Waals surface area contributed by atoms with E-state index in [-0.39, 0.29) is 0 Å². The summed E-state index contributed by atoms with van der Waals surface area (Å²) in [7, 11) is 0. The first-order valence-corrected chi connectivity index (χ1v) is 8.55. The minimum absolute atomic E-state index is 0.916. The SMILES string of the molecule is c1cc(-c2cccc3cccnc23)nc(-c2cccc3cccnc23)c1. The van der Waals surface area contributed by atoms with Crippen molar-refractivity contribution in [3.8, 4) is 22.5 Å². The van der Waals surface area contributed by atoms with Gasteiger partial charge in [0.15, 0.2) is 0 Å². The van der Waals surface area contributed by atoms with Crippen molar-refractivity contribution in [2.45, 2.75) is 0 Å². The molecule has 3 heterocycles. The Morgan fingerprint density at radius 1 is 0.462 bits per heavy atom. The predicted molar refractivity (Wildman–Crippen MR) is 106 cm³/mol. The van der Waals surface area contributed by atoms with E-state index in [1.807, 2.05) is 54.9 Å². The monoisotopic (exact) mass is 333 g/mol. The van der Waals surface area contributed by atoms with Crippen LogP contribution in [-0.4, -0.2) is 15.0 Å². The lowest BCUT2D eigenvalue weighted by molar-refractivity contribution is 1.31. The summed E-state index contributed by atoms with van der Waals surface area (Å²) in [6, 6.07) is 26.6. The van der Waals surface area contributed by atoms with E-state index in [9.17, 15) is 0 Å². The normalized spacial score (nSPS) is 11.1. The summed E-state index contributed by atoms with van der Waals surface area (Å²) < 4.78 is 0. The summed E-state index contributed by atoms with van der Waals surface area (Å²) in [4.78, 5) is 14.0. The van der Waals surface area contributed by atoms with Crippen molar-refractivity contribution >= 4 is 21.8 Å². The first-order chi connectivity index (χ1) is 12.9. The van der Waals surface area contributed by atoms with Crippen LogP contribution in [0, 0.1) is 0 Å². The topological polar surface area (TPSA) is 38.7 Å². The van der Waals surface area contributed by atoms with Crippen LogP contribution in [0.5, 0.6) is 0 Å². The lowest BCUT2D eigenvalue weighted by Crippen LogP contribution is -1.91. The van der Waals surface area contributed by atoms with Crippen LogP contribution in [0.25, 0.3) is 44.3 Å². The molecule has 0 saturated carbocycles. The Bertz CT molecular complexity index is 1140. The second kappa shape index (κ2) is 6.05. The maximum atomic E-state index is 4.93. The molecule has 0 radical (unpaired) electrons. The Morgan fingerprint density at radius 2 is 0.923 bits per heavy atom. The summed E-state index contributed by atoms with van der Waals surface area (Å²) in [6.45, 7) is 0. The van der Waals surface area contributed by atoms with Crippen molar-refractivity contribution in [3.05, 3.63) is 91.3 Å². The third kappa shape index (κ3) is 2.42. The van der Waals surface area contributed by atoms with Gasteiger partial charge in [-0.1, -0.05) is 54.6 Å². The Hall–Kier alpha value is -3.59. The van der Waals surface area contributed by atoms with Gasteiger partial charge in [-0.2, -0.15) is 0 Å². The molecule has 0 aliphatic heterocycles. The number of benzene rings is 2.